The molecule has 1 N–H and O–H groups in total. The molecule has 0 amide bonds. The van der Waals surface area contributed by atoms with Gasteiger partial charge in [0.15, 0.2) is 0 Å². The van der Waals surface area contributed by atoms with Crippen molar-refractivity contribution in [2.75, 3.05) is 31.5 Å². The molecule has 0 aromatic carbocycles. The summed E-state index contributed by atoms with van der Waals surface area (Å²) in [6.45, 7) is 8.71. The summed E-state index contributed by atoms with van der Waals surface area (Å²) >= 11 is 0. The Morgan fingerprint density at radius 2 is 2.06 bits per heavy atom. The zero-order chi connectivity index (χ0) is 12.1. The largest absolute Gasteiger partial charge is 0.369 e. The van der Waals surface area contributed by atoms with Crippen LogP contribution in [0.4, 0.5) is 5.82 Å². The highest BCUT2D eigenvalue weighted by molar-refractivity contribution is 5.39. The van der Waals surface area contributed by atoms with Crippen molar-refractivity contribution in [3.8, 4) is 0 Å². The van der Waals surface area contributed by atoms with Crippen LogP contribution in [0.15, 0.2) is 6.20 Å². The molecule has 1 fully saturated rings. The molecule has 4 heteroatoms. The molecule has 1 aromatic rings. The van der Waals surface area contributed by atoms with E-state index >= 15 is 0 Å². The Hall–Kier alpha value is -1.16. The van der Waals surface area contributed by atoms with Gasteiger partial charge in [-0.25, -0.2) is 4.98 Å². The fourth-order valence-corrected chi connectivity index (χ4v) is 2.22. The number of hydrogen-bond donors (Lipinski definition) is 1. The minimum absolute atomic E-state index is 0.937. The second-order valence-electron chi connectivity index (χ2n) is 4.77. The lowest BCUT2D eigenvalue weighted by molar-refractivity contribution is 0.337. The average Bonchev–Trinajstić information content (AvgIpc) is 2.82. The molecule has 0 radical (unpaired) electrons. The van der Waals surface area contributed by atoms with Gasteiger partial charge in [-0.1, -0.05) is 0 Å². The SMILES string of the molecule is Cc1cnc(C)c(NCCCN2CCCC2)n1. The monoisotopic (exact) mass is 234 g/mol. The number of likely N-dealkylation sites (tertiary alicyclic amines) is 1. The Morgan fingerprint density at radius 1 is 1.29 bits per heavy atom. The third kappa shape index (κ3) is 3.66. The molecule has 0 aliphatic carbocycles. The van der Waals surface area contributed by atoms with Gasteiger partial charge in [0.1, 0.15) is 5.82 Å². The van der Waals surface area contributed by atoms with Crippen molar-refractivity contribution in [2.45, 2.75) is 33.1 Å². The highest BCUT2D eigenvalue weighted by Crippen LogP contribution is 2.10. The summed E-state index contributed by atoms with van der Waals surface area (Å²) < 4.78 is 0. The highest BCUT2D eigenvalue weighted by Gasteiger charge is 2.10. The number of aromatic nitrogens is 2. The zero-order valence-electron chi connectivity index (χ0n) is 10.9. The maximum absolute atomic E-state index is 4.45. The molecule has 1 saturated heterocycles. The van der Waals surface area contributed by atoms with Crippen LogP contribution in [0.25, 0.3) is 0 Å². The Kier molecular flexibility index (Phi) is 4.31. The van der Waals surface area contributed by atoms with Gasteiger partial charge in [0.05, 0.1) is 11.4 Å². The summed E-state index contributed by atoms with van der Waals surface area (Å²) in [7, 11) is 0. The molecule has 4 nitrogen and oxygen atoms in total. The number of nitrogens with one attached hydrogen (secondary N) is 1. The van der Waals surface area contributed by atoms with E-state index in [0.29, 0.717) is 0 Å². The van der Waals surface area contributed by atoms with Crippen LogP contribution in [0.2, 0.25) is 0 Å². The van der Waals surface area contributed by atoms with Crippen LogP contribution in [-0.4, -0.2) is 41.0 Å². The molecule has 2 heterocycles. The first-order chi connectivity index (χ1) is 8.25. The van der Waals surface area contributed by atoms with Crippen molar-refractivity contribution in [3.05, 3.63) is 17.6 Å². The molecule has 0 bridgehead atoms. The Labute approximate surface area is 103 Å². The summed E-state index contributed by atoms with van der Waals surface area (Å²) in [4.78, 5) is 11.3. The lowest BCUT2D eigenvalue weighted by Crippen LogP contribution is -2.22. The Balaban J connectivity index is 1.72. The predicted molar refractivity (Wildman–Crippen MR) is 70.3 cm³/mol. The number of aryl methyl sites for hydroxylation is 2. The molecule has 17 heavy (non-hydrogen) atoms. The van der Waals surface area contributed by atoms with Crippen molar-refractivity contribution >= 4 is 5.82 Å². The second kappa shape index (κ2) is 5.96. The van der Waals surface area contributed by atoms with Gasteiger partial charge in [-0.2, -0.15) is 0 Å². The summed E-state index contributed by atoms with van der Waals surface area (Å²) in [5, 5.41) is 3.38. The minimum Gasteiger partial charge on any atom is -0.369 e. The molecule has 0 atom stereocenters. The van der Waals surface area contributed by atoms with E-state index in [0.717, 1.165) is 23.8 Å². The van der Waals surface area contributed by atoms with E-state index in [-0.39, 0.29) is 0 Å². The van der Waals surface area contributed by atoms with E-state index < -0.39 is 0 Å². The number of hydrogen-bond acceptors (Lipinski definition) is 4. The minimum atomic E-state index is 0.937. The average molecular weight is 234 g/mol. The van der Waals surface area contributed by atoms with Crippen molar-refractivity contribution in [2.24, 2.45) is 0 Å². The van der Waals surface area contributed by atoms with E-state index in [2.05, 4.69) is 20.2 Å². The third-order valence-corrected chi connectivity index (χ3v) is 3.22. The van der Waals surface area contributed by atoms with Gasteiger partial charge >= 0.3 is 0 Å². The summed E-state index contributed by atoms with van der Waals surface area (Å²) in [5.74, 6) is 0.937. The van der Waals surface area contributed by atoms with E-state index in [1.807, 2.05) is 20.0 Å². The number of rotatable bonds is 5. The lowest BCUT2D eigenvalue weighted by Gasteiger charge is -2.14. The molecule has 0 saturated carbocycles. The lowest BCUT2D eigenvalue weighted by atomic mass is 10.3. The Bertz CT molecular complexity index is 358. The second-order valence-corrected chi connectivity index (χ2v) is 4.77. The van der Waals surface area contributed by atoms with Gasteiger partial charge in [-0.3, -0.25) is 4.98 Å². The van der Waals surface area contributed by atoms with Gasteiger partial charge < -0.3 is 10.2 Å². The predicted octanol–water partition coefficient (Wildman–Crippen LogP) is 1.99. The van der Waals surface area contributed by atoms with Crippen LogP contribution in [0.3, 0.4) is 0 Å². The van der Waals surface area contributed by atoms with Crippen molar-refractivity contribution in [1.82, 2.24) is 14.9 Å². The van der Waals surface area contributed by atoms with Gasteiger partial charge in [0, 0.05) is 12.7 Å². The number of anilines is 1. The first-order valence-corrected chi connectivity index (χ1v) is 6.52. The van der Waals surface area contributed by atoms with Gasteiger partial charge in [0.25, 0.3) is 0 Å². The maximum Gasteiger partial charge on any atom is 0.147 e. The smallest absolute Gasteiger partial charge is 0.147 e. The van der Waals surface area contributed by atoms with Gasteiger partial charge in [-0.05, 0) is 52.7 Å². The quantitative estimate of drug-likeness (QED) is 0.791. The summed E-state index contributed by atoms with van der Waals surface area (Å²) in [6, 6.07) is 0. The maximum atomic E-state index is 4.45. The molecule has 2 rings (SSSR count). The van der Waals surface area contributed by atoms with Crippen molar-refractivity contribution in [3.63, 3.8) is 0 Å². The highest BCUT2D eigenvalue weighted by atomic mass is 15.1. The van der Waals surface area contributed by atoms with Crippen LogP contribution in [-0.2, 0) is 0 Å². The topological polar surface area (TPSA) is 41.1 Å². The first kappa shape index (κ1) is 12.3. The van der Waals surface area contributed by atoms with Crippen LogP contribution in [0.1, 0.15) is 30.7 Å². The third-order valence-electron chi connectivity index (χ3n) is 3.22. The fourth-order valence-electron chi connectivity index (χ4n) is 2.22. The summed E-state index contributed by atoms with van der Waals surface area (Å²) in [5.41, 5.74) is 1.95. The van der Waals surface area contributed by atoms with E-state index in [9.17, 15) is 0 Å². The molecule has 1 aromatic heterocycles. The van der Waals surface area contributed by atoms with Gasteiger partial charge in [-0.15, -0.1) is 0 Å². The molecule has 0 spiro atoms. The van der Waals surface area contributed by atoms with Crippen molar-refractivity contribution in [1.29, 1.82) is 0 Å². The van der Waals surface area contributed by atoms with Crippen LogP contribution < -0.4 is 5.32 Å². The van der Waals surface area contributed by atoms with Crippen LogP contribution in [0.5, 0.6) is 0 Å². The zero-order valence-corrected chi connectivity index (χ0v) is 10.9. The molecular formula is C13H22N4. The Morgan fingerprint density at radius 3 is 2.82 bits per heavy atom. The number of nitrogens with zero attached hydrogens (tertiary/aromatic N) is 3. The summed E-state index contributed by atoms with van der Waals surface area (Å²) in [6.07, 6.45) is 5.73. The standard InChI is InChI=1S/C13H22N4/c1-11-10-15-12(2)13(16-11)14-6-5-9-17-7-3-4-8-17/h10H,3-9H2,1-2H3,(H,14,16). The fraction of sp³-hybridized carbons (Fsp3) is 0.692. The molecule has 1 aliphatic rings. The van der Waals surface area contributed by atoms with Crippen LogP contribution >= 0.6 is 0 Å². The molecule has 1 aliphatic heterocycles. The van der Waals surface area contributed by atoms with E-state index in [1.165, 1.54) is 38.9 Å². The normalized spacial score (nSPS) is 16.4. The first-order valence-electron chi connectivity index (χ1n) is 6.52. The molecule has 94 valence electrons. The molecular weight excluding hydrogens is 212 g/mol. The van der Waals surface area contributed by atoms with E-state index in [1.54, 1.807) is 0 Å². The van der Waals surface area contributed by atoms with E-state index in [4.69, 9.17) is 0 Å². The molecule has 0 unspecified atom stereocenters. The van der Waals surface area contributed by atoms with Crippen LogP contribution in [0, 0.1) is 13.8 Å². The van der Waals surface area contributed by atoms with Crippen molar-refractivity contribution < 1.29 is 0 Å². The van der Waals surface area contributed by atoms with Gasteiger partial charge in [0.2, 0.25) is 0 Å².